The third-order valence-corrected chi connectivity index (χ3v) is 4.22. The van der Waals surface area contributed by atoms with Crippen LogP contribution in [-0.2, 0) is 4.79 Å². The molecule has 0 spiro atoms. The Labute approximate surface area is 140 Å². The molecule has 1 atom stereocenters. The lowest BCUT2D eigenvalue weighted by atomic mass is 9.95. The van der Waals surface area contributed by atoms with Crippen LogP contribution in [0.1, 0.15) is 37.0 Å². The summed E-state index contributed by atoms with van der Waals surface area (Å²) in [4.78, 5) is 23.8. The van der Waals surface area contributed by atoms with Crippen molar-refractivity contribution < 1.29 is 14.7 Å². The van der Waals surface area contributed by atoms with Gasteiger partial charge in [-0.3, -0.25) is 9.59 Å². The third-order valence-electron chi connectivity index (χ3n) is 3.48. The van der Waals surface area contributed by atoms with E-state index in [4.69, 9.17) is 28.3 Å². The monoisotopic (exact) mass is 346 g/mol. The Morgan fingerprint density at radius 2 is 1.95 bits per heavy atom. The summed E-state index contributed by atoms with van der Waals surface area (Å²) in [6.07, 6.45) is 1.13. The van der Waals surface area contributed by atoms with Crippen LogP contribution in [-0.4, -0.2) is 35.6 Å². The van der Waals surface area contributed by atoms with Crippen molar-refractivity contribution in [3.8, 4) is 0 Å². The number of benzene rings is 1. The first kappa shape index (κ1) is 18.7. The van der Waals surface area contributed by atoms with E-state index in [1.54, 1.807) is 0 Å². The van der Waals surface area contributed by atoms with Gasteiger partial charge in [0, 0.05) is 17.7 Å². The van der Waals surface area contributed by atoms with Gasteiger partial charge in [-0.15, -0.1) is 0 Å². The van der Waals surface area contributed by atoms with Gasteiger partial charge in [-0.05, 0) is 38.0 Å². The van der Waals surface area contributed by atoms with Crippen molar-refractivity contribution in [1.29, 1.82) is 0 Å². The van der Waals surface area contributed by atoms with Crippen LogP contribution in [0.5, 0.6) is 0 Å². The zero-order chi connectivity index (χ0) is 16.8. The fourth-order valence-corrected chi connectivity index (χ4v) is 2.15. The fourth-order valence-electron chi connectivity index (χ4n) is 1.86. The zero-order valence-electron chi connectivity index (χ0n) is 12.6. The number of nitrogens with one attached hydrogen (secondary N) is 2. The molecule has 0 heterocycles. The highest BCUT2D eigenvalue weighted by Crippen LogP contribution is 2.22. The van der Waals surface area contributed by atoms with Gasteiger partial charge < -0.3 is 15.7 Å². The Bertz CT molecular complexity index is 552. The minimum absolute atomic E-state index is 0.0136. The maximum Gasteiger partial charge on any atom is 0.251 e. The lowest BCUT2D eigenvalue weighted by Crippen LogP contribution is -2.49. The number of aliphatic hydroxyl groups is 1. The number of hydrogen-bond acceptors (Lipinski definition) is 3. The minimum atomic E-state index is -0.486. The maximum absolute atomic E-state index is 11.9. The molecule has 1 unspecified atom stereocenters. The van der Waals surface area contributed by atoms with Gasteiger partial charge in [-0.25, -0.2) is 0 Å². The van der Waals surface area contributed by atoms with Crippen LogP contribution >= 0.6 is 23.2 Å². The molecule has 0 aromatic heterocycles. The highest BCUT2D eigenvalue weighted by Gasteiger charge is 2.23. The Morgan fingerprint density at radius 3 is 2.50 bits per heavy atom. The quantitative estimate of drug-likeness (QED) is 0.709. The van der Waals surface area contributed by atoms with Gasteiger partial charge in [0.15, 0.2) is 0 Å². The van der Waals surface area contributed by atoms with Crippen LogP contribution in [0, 0.1) is 0 Å². The molecule has 1 aromatic rings. The van der Waals surface area contributed by atoms with E-state index >= 15 is 0 Å². The van der Waals surface area contributed by atoms with Crippen molar-refractivity contribution in [2.75, 3.05) is 13.2 Å². The van der Waals surface area contributed by atoms with Crippen molar-refractivity contribution in [3.05, 3.63) is 33.8 Å². The molecule has 0 aliphatic carbocycles. The molecular formula is C15H20Cl2N2O3. The number of carbonyl (C=O) groups excluding carboxylic acids is 2. The second-order valence-electron chi connectivity index (χ2n) is 5.25. The number of rotatable bonds is 7. The number of hydrogen-bond donors (Lipinski definition) is 3. The normalized spacial score (nSPS) is 13.3. The molecule has 3 N–H and O–H groups in total. The van der Waals surface area contributed by atoms with Crippen molar-refractivity contribution in [3.63, 3.8) is 0 Å². The predicted molar refractivity (Wildman–Crippen MR) is 87.3 cm³/mol. The summed E-state index contributed by atoms with van der Waals surface area (Å²) in [7, 11) is 0. The van der Waals surface area contributed by atoms with Crippen molar-refractivity contribution >= 4 is 35.0 Å². The molecule has 5 nitrogen and oxygen atoms in total. The molecular weight excluding hydrogens is 327 g/mol. The van der Waals surface area contributed by atoms with E-state index in [-0.39, 0.29) is 24.1 Å². The first-order valence-corrected chi connectivity index (χ1v) is 7.72. The van der Waals surface area contributed by atoms with Crippen LogP contribution in [0.3, 0.4) is 0 Å². The van der Waals surface area contributed by atoms with Gasteiger partial charge in [0.25, 0.3) is 5.91 Å². The largest absolute Gasteiger partial charge is 0.396 e. The highest BCUT2D eigenvalue weighted by molar-refractivity contribution is 6.42. The average Bonchev–Trinajstić information content (AvgIpc) is 2.47. The van der Waals surface area contributed by atoms with Crippen molar-refractivity contribution in [1.82, 2.24) is 10.6 Å². The summed E-state index contributed by atoms with van der Waals surface area (Å²) in [5.41, 5.74) is -0.157. The standard InChI is InChI=1S/C15H20Cl2N2O3/c1-3-15(2,6-7-20)19-13(21)9-18-14(22)10-4-5-11(16)12(17)8-10/h4-5,8,20H,3,6-7,9H2,1-2H3,(H,18,22)(H,19,21). The molecule has 7 heteroatoms. The molecule has 0 fully saturated rings. The van der Waals surface area contributed by atoms with E-state index in [0.717, 1.165) is 0 Å². The van der Waals surface area contributed by atoms with E-state index in [1.807, 2.05) is 13.8 Å². The maximum atomic E-state index is 11.9. The Hall–Kier alpha value is -1.30. The fraction of sp³-hybridized carbons (Fsp3) is 0.467. The average molecular weight is 347 g/mol. The third kappa shape index (κ3) is 5.48. The molecule has 0 aliphatic rings. The first-order chi connectivity index (χ1) is 10.3. The SMILES string of the molecule is CCC(C)(CCO)NC(=O)CNC(=O)c1ccc(Cl)c(Cl)c1. The van der Waals surface area contributed by atoms with E-state index in [2.05, 4.69) is 10.6 Å². The van der Waals surface area contributed by atoms with E-state index in [9.17, 15) is 9.59 Å². The van der Waals surface area contributed by atoms with Crippen LogP contribution < -0.4 is 10.6 Å². The minimum Gasteiger partial charge on any atom is -0.396 e. The smallest absolute Gasteiger partial charge is 0.251 e. The summed E-state index contributed by atoms with van der Waals surface area (Å²) >= 11 is 11.6. The lowest BCUT2D eigenvalue weighted by molar-refractivity contribution is -0.122. The van der Waals surface area contributed by atoms with Gasteiger partial charge >= 0.3 is 0 Å². The highest BCUT2D eigenvalue weighted by atomic mass is 35.5. The van der Waals surface area contributed by atoms with Crippen LogP contribution in [0.15, 0.2) is 18.2 Å². The van der Waals surface area contributed by atoms with Crippen molar-refractivity contribution in [2.24, 2.45) is 0 Å². The molecule has 1 rings (SSSR count). The summed E-state index contributed by atoms with van der Waals surface area (Å²) in [6, 6.07) is 4.50. The molecule has 1 aromatic carbocycles. The molecule has 0 saturated carbocycles. The second kappa shape index (κ2) is 8.36. The van der Waals surface area contributed by atoms with Crippen molar-refractivity contribution in [2.45, 2.75) is 32.2 Å². The Balaban J connectivity index is 2.56. The lowest BCUT2D eigenvalue weighted by Gasteiger charge is -2.29. The number of aliphatic hydroxyl groups excluding tert-OH is 1. The molecule has 122 valence electrons. The first-order valence-electron chi connectivity index (χ1n) is 6.96. The molecule has 2 amide bonds. The van der Waals surface area contributed by atoms with Crippen LogP contribution in [0.2, 0.25) is 10.0 Å². The van der Waals surface area contributed by atoms with E-state index in [1.165, 1.54) is 18.2 Å². The summed E-state index contributed by atoms with van der Waals surface area (Å²) in [6.45, 7) is 3.60. The van der Waals surface area contributed by atoms with Crippen LogP contribution in [0.4, 0.5) is 0 Å². The Morgan fingerprint density at radius 1 is 1.27 bits per heavy atom. The van der Waals surface area contributed by atoms with Gasteiger partial charge in [0.2, 0.25) is 5.91 Å². The van der Waals surface area contributed by atoms with E-state index in [0.29, 0.717) is 23.4 Å². The molecule has 0 aliphatic heterocycles. The van der Waals surface area contributed by atoms with Crippen LogP contribution in [0.25, 0.3) is 0 Å². The molecule has 22 heavy (non-hydrogen) atoms. The van der Waals surface area contributed by atoms with Gasteiger partial charge in [-0.2, -0.15) is 0 Å². The number of carbonyl (C=O) groups is 2. The van der Waals surface area contributed by atoms with Gasteiger partial charge in [0.1, 0.15) is 0 Å². The molecule has 0 radical (unpaired) electrons. The van der Waals surface area contributed by atoms with Gasteiger partial charge in [-0.1, -0.05) is 30.1 Å². The Kier molecular flexibility index (Phi) is 7.13. The number of halogens is 2. The summed E-state index contributed by atoms with van der Waals surface area (Å²) in [5, 5.41) is 15.0. The summed E-state index contributed by atoms with van der Waals surface area (Å²) in [5.74, 6) is -0.722. The topological polar surface area (TPSA) is 78.4 Å². The zero-order valence-corrected chi connectivity index (χ0v) is 14.1. The summed E-state index contributed by atoms with van der Waals surface area (Å²) < 4.78 is 0. The molecule has 0 bridgehead atoms. The van der Waals surface area contributed by atoms with E-state index < -0.39 is 11.4 Å². The molecule has 0 saturated heterocycles. The second-order valence-corrected chi connectivity index (χ2v) is 6.06. The number of amides is 2. The van der Waals surface area contributed by atoms with Gasteiger partial charge in [0.05, 0.1) is 16.6 Å². The predicted octanol–water partition coefficient (Wildman–Crippen LogP) is 2.39.